The van der Waals surface area contributed by atoms with Gasteiger partial charge in [0.1, 0.15) is 0 Å². The third kappa shape index (κ3) is 2.12. The molecule has 1 saturated carbocycles. The quantitative estimate of drug-likeness (QED) is 0.901. The van der Waals surface area contributed by atoms with Crippen LogP contribution in [0.3, 0.4) is 0 Å². The Morgan fingerprint density at radius 3 is 2.83 bits per heavy atom. The van der Waals surface area contributed by atoms with Crippen LogP contribution in [0.25, 0.3) is 5.65 Å². The Kier molecular flexibility index (Phi) is 3.28. The van der Waals surface area contributed by atoms with Crippen molar-refractivity contribution in [3.05, 3.63) is 29.7 Å². The molecule has 96 valence electrons. The number of hydrogen-bond acceptors (Lipinski definition) is 3. The predicted octanol–water partition coefficient (Wildman–Crippen LogP) is 2.28. The van der Waals surface area contributed by atoms with E-state index < -0.39 is 0 Å². The predicted molar refractivity (Wildman–Crippen MR) is 71.6 cm³/mol. The van der Waals surface area contributed by atoms with Crippen molar-refractivity contribution in [2.45, 2.75) is 44.4 Å². The second kappa shape index (κ2) is 5.06. The fourth-order valence-corrected chi connectivity index (χ4v) is 2.87. The van der Waals surface area contributed by atoms with Crippen molar-refractivity contribution >= 4 is 5.65 Å². The van der Waals surface area contributed by atoms with Crippen LogP contribution in [0.2, 0.25) is 0 Å². The van der Waals surface area contributed by atoms with Gasteiger partial charge in [0.2, 0.25) is 0 Å². The second-order valence-electron chi connectivity index (χ2n) is 5.15. The van der Waals surface area contributed by atoms with E-state index in [-0.39, 0.29) is 0 Å². The molecule has 4 heteroatoms. The molecule has 2 N–H and O–H groups in total. The standard InChI is InChI=1S/C14H20N4/c15-9-8-12-10-16-14-7-6-13(17-18(12)14)11-4-2-1-3-5-11/h6-7,10-11H,1-5,8-9,15H2. The van der Waals surface area contributed by atoms with Gasteiger partial charge >= 0.3 is 0 Å². The monoisotopic (exact) mass is 244 g/mol. The SMILES string of the molecule is NCCc1cnc2ccc(C3CCCCC3)nn12. The minimum Gasteiger partial charge on any atom is -0.330 e. The molecule has 4 nitrogen and oxygen atoms in total. The molecule has 1 aliphatic rings. The summed E-state index contributed by atoms with van der Waals surface area (Å²) in [6.45, 7) is 0.642. The molecule has 0 aromatic carbocycles. The second-order valence-corrected chi connectivity index (χ2v) is 5.15. The Hall–Kier alpha value is -1.42. The van der Waals surface area contributed by atoms with Crippen LogP contribution < -0.4 is 5.73 Å². The molecule has 2 heterocycles. The van der Waals surface area contributed by atoms with Crippen molar-refractivity contribution in [1.82, 2.24) is 14.6 Å². The van der Waals surface area contributed by atoms with Crippen molar-refractivity contribution in [2.75, 3.05) is 6.54 Å². The topological polar surface area (TPSA) is 56.2 Å². The number of hydrogen-bond donors (Lipinski definition) is 1. The first-order valence-corrected chi connectivity index (χ1v) is 6.92. The van der Waals surface area contributed by atoms with Crippen LogP contribution in [0.5, 0.6) is 0 Å². The molecule has 0 amide bonds. The highest BCUT2D eigenvalue weighted by molar-refractivity contribution is 5.39. The number of rotatable bonds is 3. The zero-order valence-corrected chi connectivity index (χ0v) is 10.7. The third-order valence-corrected chi connectivity index (χ3v) is 3.88. The number of aromatic nitrogens is 3. The van der Waals surface area contributed by atoms with Gasteiger partial charge in [-0.25, -0.2) is 9.50 Å². The van der Waals surface area contributed by atoms with Gasteiger partial charge in [-0.2, -0.15) is 5.10 Å². The molecule has 1 aliphatic carbocycles. The van der Waals surface area contributed by atoms with E-state index in [1.807, 2.05) is 10.7 Å². The number of fused-ring (bicyclic) bond motifs is 1. The minimum atomic E-state index is 0.635. The summed E-state index contributed by atoms with van der Waals surface area (Å²) in [5, 5.41) is 4.78. The number of nitrogens with zero attached hydrogens (tertiary/aromatic N) is 3. The van der Waals surface area contributed by atoms with Gasteiger partial charge in [0, 0.05) is 12.3 Å². The van der Waals surface area contributed by atoms with Crippen molar-refractivity contribution in [2.24, 2.45) is 5.73 Å². The van der Waals surface area contributed by atoms with Gasteiger partial charge in [-0.1, -0.05) is 19.3 Å². The Morgan fingerprint density at radius 1 is 1.22 bits per heavy atom. The summed E-state index contributed by atoms with van der Waals surface area (Å²) in [7, 11) is 0. The van der Waals surface area contributed by atoms with Crippen LogP contribution in [-0.4, -0.2) is 21.1 Å². The van der Waals surface area contributed by atoms with Gasteiger partial charge in [-0.3, -0.25) is 0 Å². The van der Waals surface area contributed by atoms with Gasteiger partial charge in [-0.05, 0) is 31.5 Å². The Bertz CT molecular complexity index is 526. The minimum absolute atomic E-state index is 0.635. The van der Waals surface area contributed by atoms with E-state index in [1.165, 1.54) is 37.8 Å². The molecule has 2 aromatic rings. The summed E-state index contributed by atoms with van der Waals surface area (Å²) in [4.78, 5) is 4.37. The smallest absolute Gasteiger partial charge is 0.153 e. The molecular weight excluding hydrogens is 224 g/mol. The average molecular weight is 244 g/mol. The van der Waals surface area contributed by atoms with Gasteiger partial charge in [0.25, 0.3) is 0 Å². The highest BCUT2D eigenvalue weighted by Crippen LogP contribution is 2.31. The Balaban J connectivity index is 1.95. The van der Waals surface area contributed by atoms with E-state index in [1.54, 1.807) is 0 Å². The highest BCUT2D eigenvalue weighted by Gasteiger charge is 2.17. The van der Waals surface area contributed by atoms with Gasteiger partial charge in [0.05, 0.1) is 17.6 Å². The van der Waals surface area contributed by atoms with Crippen LogP contribution in [-0.2, 0) is 6.42 Å². The van der Waals surface area contributed by atoms with E-state index in [4.69, 9.17) is 10.8 Å². The Labute approximate surface area is 107 Å². The lowest BCUT2D eigenvalue weighted by molar-refractivity contribution is 0.432. The molecule has 2 aromatic heterocycles. The maximum absolute atomic E-state index is 5.62. The maximum Gasteiger partial charge on any atom is 0.153 e. The molecule has 0 unspecified atom stereocenters. The van der Waals surface area contributed by atoms with Crippen LogP contribution >= 0.6 is 0 Å². The largest absolute Gasteiger partial charge is 0.330 e. The van der Waals surface area contributed by atoms with E-state index in [2.05, 4.69) is 17.1 Å². The number of nitrogens with two attached hydrogens (primary N) is 1. The summed E-state index contributed by atoms with van der Waals surface area (Å²) in [6, 6.07) is 4.22. The first-order chi connectivity index (χ1) is 8.88. The van der Waals surface area contributed by atoms with Crippen LogP contribution in [0, 0.1) is 0 Å². The van der Waals surface area contributed by atoms with Crippen molar-refractivity contribution < 1.29 is 0 Å². The summed E-state index contributed by atoms with van der Waals surface area (Å²) < 4.78 is 1.97. The fraction of sp³-hybridized carbons (Fsp3) is 0.571. The molecule has 0 aliphatic heterocycles. The fourth-order valence-electron chi connectivity index (χ4n) is 2.87. The zero-order chi connectivity index (χ0) is 12.4. The van der Waals surface area contributed by atoms with E-state index in [0.717, 1.165) is 17.8 Å². The molecule has 1 fully saturated rings. The summed E-state index contributed by atoms with van der Waals surface area (Å²) in [6.07, 6.45) is 9.33. The van der Waals surface area contributed by atoms with E-state index in [9.17, 15) is 0 Å². The van der Waals surface area contributed by atoms with Gasteiger partial charge < -0.3 is 5.73 Å². The lowest BCUT2D eigenvalue weighted by Crippen LogP contribution is -2.11. The first kappa shape index (κ1) is 11.7. The summed E-state index contributed by atoms with van der Waals surface area (Å²) in [5.41, 5.74) is 8.89. The molecule has 0 bridgehead atoms. The molecule has 0 spiro atoms. The van der Waals surface area contributed by atoms with E-state index in [0.29, 0.717) is 12.5 Å². The van der Waals surface area contributed by atoms with Crippen molar-refractivity contribution in [1.29, 1.82) is 0 Å². The van der Waals surface area contributed by atoms with Crippen molar-refractivity contribution in [3.8, 4) is 0 Å². The molecule has 3 rings (SSSR count). The lowest BCUT2D eigenvalue weighted by atomic mass is 9.87. The van der Waals surface area contributed by atoms with Crippen LogP contribution in [0.15, 0.2) is 18.3 Å². The molecule has 18 heavy (non-hydrogen) atoms. The van der Waals surface area contributed by atoms with Crippen LogP contribution in [0.1, 0.15) is 49.4 Å². The normalized spacial score (nSPS) is 17.4. The molecule has 0 saturated heterocycles. The highest BCUT2D eigenvalue weighted by atomic mass is 15.3. The molecule has 0 atom stereocenters. The van der Waals surface area contributed by atoms with Gasteiger partial charge in [-0.15, -0.1) is 0 Å². The summed E-state index contributed by atoms with van der Waals surface area (Å²) >= 11 is 0. The third-order valence-electron chi connectivity index (χ3n) is 3.88. The Morgan fingerprint density at radius 2 is 2.06 bits per heavy atom. The van der Waals surface area contributed by atoms with E-state index >= 15 is 0 Å². The first-order valence-electron chi connectivity index (χ1n) is 6.92. The lowest BCUT2D eigenvalue weighted by Gasteiger charge is -2.20. The maximum atomic E-state index is 5.62. The molecular formula is C14H20N4. The zero-order valence-electron chi connectivity index (χ0n) is 10.7. The molecule has 0 radical (unpaired) electrons. The average Bonchev–Trinajstić information content (AvgIpc) is 2.83. The van der Waals surface area contributed by atoms with Crippen LogP contribution in [0.4, 0.5) is 0 Å². The summed E-state index contributed by atoms with van der Waals surface area (Å²) in [5.74, 6) is 0.635. The van der Waals surface area contributed by atoms with Crippen molar-refractivity contribution in [3.63, 3.8) is 0 Å². The number of imidazole rings is 1. The van der Waals surface area contributed by atoms with Gasteiger partial charge in [0.15, 0.2) is 5.65 Å².